The van der Waals surface area contributed by atoms with Crippen LogP contribution in [0.25, 0.3) is 10.9 Å². The highest BCUT2D eigenvalue weighted by Crippen LogP contribution is 2.17. The molecule has 0 unspecified atom stereocenters. The van der Waals surface area contributed by atoms with E-state index in [1.165, 1.54) is 5.56 Å². The van der Waals surface area contributed by atoms with Gasteiger partial charge in [0.2, 0.25) is 5.91 Å². The summed E-state index contributed by atoms with van der Waals surface area (Å²) in [4.78, 5) is 31.7. The molecule has 1 saturated heterocycles. The molecule has 0 saturated carbocycles. The summed E-state index contributed by atoms with van der Waals surface area (Å²) in [5.74, 6) is 0.141. The number of carbonyl (C=O) groups is 1. The molecule has 1 aliphatic heterocycles. The van der Waals surface area contributed by atoms with Crippen molar-refractivity contribution in [1.82, 2.24) is 14.8 Å². The van der Waals surface area contributed by atoms with Gasteiger partial charge in [-0.05, 0) is 62.0 Å². The molecule has 24 heavy (non-hydrogen) atoms. The molecule has 0 bridgehead atoms. The molecule has 128 valence electrons. The monoisotopic (exact) mass is 327 g/mol. The topological polar surface area (TPSA) is 56.4 Å². The van der Waals surface area contributed by atoms with Crippen LogP contribution in [0, 0.1) is 13.8 Å². The van der Waals surface area contributed by atoms with E-state index in [1.54, 1.807) is 0 Å². The molecule has 1 aromatic carbocycles. The van der Waals surface area contributed by atoms with E-state index < -0.39 is 0 Å². The van der Waals surface area contributed by atoms with Crippen molar-refractivity contribution in [3.05, 3.63) is 45.2 Å². The van der Waals surface area contributed by atoms with Gasteiger partial charge in [-0.25, -0.2) is 0 Å². The average molecular weight is 327 g/mol. The van der Waals surface area contributed by atoms with Crippen molar-refractivity contribution in [2.75, 3.05) is 33.2 Å². The quantitative estimate of drug-likeness (QED) is 0.936. The number of aromatic nitrogens is 1. The lowest BCUT2D eigenvalue weighted by molar-refractivity contribution is -0.132. The minimum Gasteiger partial charge on any atom is -0.340 e. The fourth-order valence-corrected chi connectivity index (χ4v) is 3.16. The predicted octanol–water partition coefficient (Wildman–Crippen LogP) is 1.85. The van der Waals surface area contributed by atoms with Gasteiger partial charge in [-0.15, -0.1) is 0 Å². The first-order chi connectivity index (χ1) is 11.4. The van der Waals surface area contributed by atoms with Crippen LogP contribution in [-0.4, -0.2) is 53.9 Å². The zero-order valence-corrected chi connectivity index (χ0v) is 14.7. The maximum Gasteiger partial charge on any atom is 0.251 e. The summed E-state index contributed by atoms with van der Waals surface area (Å²) in [6.07, 6.45) is 0.881. The summed E-state index contributed by atoms with van der Waals surface area (Å²) < 4.78 is 0. The number of rotatable bonds is 3. The first-order valence-electron chi connectivity index (χ1n) is 8.53. The third-order valence-corrected chi connectivity index (χ3v) is 5.00. The molecule has 1 N–H and O–H groups in total. The van der Waals surface area contributed by atoms with Gasteiger partial charge in [0.1, 0.15) is 0 Å². The second-order valence-corrected chi connectivity index (χ2v) is 6.83. The minimum atomic E-state index is -0.0862. The zero-order valence-electron chi connectivity index (χ0n) is 14.7. The molecule has 0 spiro atoms. The number of H-pyrrole nitrogens is 1. The lowest BCUT2D eigenvalue weighted by atomic mass is 10.0. The van der Waals surface area contributed by atoms with E-state index in [-0.39, 0.29) is 11.5 Å². The average Bonchev–Trinajstić information content (AvgIpc) is 2.55. The number of nitrogens with zero attached hydrogens (tertiary/aromatic N) is 2. The van der Waals surface area contributed by atoms with Gasteiger partial charge in [-0.2, -0.15) is 0 Å². The highest BCUT2D eigenvalue weighted by molar-refractivity contribution is 5.81. The molecule has 1 amide bonds. The number of hydrogen-bond donors (Lipinski definition) is 1. The Kier molecular flexibility index (Phi) is 4.71. The van der Waals surface area contributed by atoms with Crippen molar-refractivity contribution in [1.29, 1.82) is 0 Å². The van der Waals surface area contributed by atoms with Gasteiger partial charge in [0.05, 0.1) is 0 Å². The number of aromatic amines is 1. The van der Waals surface area contributed by atoms with Gasteiger partial charge in [-0.1, -0.05) is 0 Å². The summed E-state index contributed by atoms with van der Waals surface area (Å²) in [7, 11) is 2.07. The van der Waals surface area contributed by atoms with Gasteiger partial charge in [0.25, 0.3) is 5.56 Å². The largest absolute Gasteiger partial charge is 0.340 e. The van der Waals surface area contributed by atoms with Crippen LogP contribution in [0.3, 0.4) is 0 Å². The molecule has 1 aliphatic rings. The summed E-state index contributed by atoms with van der Waals surface area (Å²) >= 11 is 0. The van der Waals surface area contributed by atoms with Crippen molar-refractivity contribution in [3.63, 3.8) is 0 Å². The lowest BCUT2D eigenvalue weighted by Gasteiger charge is -2.32. The number of nitrogens with one attached hydrogen (secondary N) is 1. The number of likely N-dealkylation sites (N-methyl/N-ethyl adjacent to an activating group) is 1. The Bertz CT molecular complexity index is 817. The number of benzene rings is 1. The molecule has 0 atom stereocenters. The first-order valence-corrected chi connectivity index (χ1v) is 8.53. The normalized spacial score (nSPS) is 15.9. The summed E-state index contributed by atoms with van der Waals surface area (Å²) in [5.41, 5.74) is 3.83. The molecular formula is C19H25N3O2. The van der Waals surface area contributed by atoms with Gasteiger partial charge in [0.15, 0.2) is 0 Å². The Balaban J connectivity index is 1.73. The predicted molar refractivity (Wildman–Crippen MR) is 96.4 cm³/mol. The Hall–Kier alpha value is -2.14. The number of piperazine rings is 1. The minimum absolute atomic E-state index is 0.0862. The first kappa shape index (κ1) is 16.7. The molecule has 5 heteroatoms. The lowest BCUT2D eigenvalue weighted by Crippen LogP contribution is -2.47. The van der Waals surface area contributed by atoms with Crippen LogP contribution in [0.2, 0.25) is 0 Å². The number of pyridine rings is 1. The second kappa shape index (κ2) is 6.77. The van der Waals surface area contributed by atoms with Gasteiger partial charge in [0, 0.05) is 43.7 Å². The maximum absolute atomic E-state index is 12.3. The summed E-state index contributed by atoms with van der Waals surface area (Å²) in [6, 6.07) is 6.02. The van der Waals surface area contributed by atoms with Crippen molar-refractivity contribution in [2.45, 2.75) is 26.7 Å². The van der Waals surface area contributed by atoms with Crippen LogP contribution >= 0.6 is 0 Å². The van der Waals surface area contributed by atoms with Crippen LogP contribution in [0.4, 0.5) is 0 Å². The number of hydrogen-bond acceptors (Lipinski definition) is 3. The third kappa shape index (κ3) is 3.51. The van der Waals surface area contributed by atoms with E-state index in [0.717, 1.165) is 42.6 Å². The molecule has 2 aromatic rings. The van der Waals surface area contributed by atoms with E-state index in [9.17, 15) is 9.59 Å². The van der Waals surface area contributed by atoms with Crippen LogP contribution < -0.4 is 5.56 Å². The fraction of sp³-hybridized carbons (Fsp3) is 0.474. The standard InChI is InChI=1S/C19H25N3O2/c1-13-10-16-12-15(19(24)20-17(16)11-14(13)2)4-5-18(23)22-8-6-21(3)7-9-22/h10-12H,4-9H2,1-3H3,(H,20,24). The second-order valence-electron chi connectivity index (χ2n) is 6.83. The Morgan fingerprint density at radius 3 is 2.46 bits per heavy atom. The maximum atomic E-state index is 12.3. The number of amides is 1. The molecular weight excluding hydrogens is 302 g/mol. The van der Waals surface area contributed by atoms with Crippen molar-refractivity contribution >= 4 is 16.8 Å². The number of carbonyl (C=O) groups excluding carboxylic acids is 1. The Labute approximate surface area is 142 Å². The molecule has 5 nitrogen and oxygen atoms in total. The zero-order chi connectivity index (χ0) is 17.3. The van der Waals surface area contributed by atoms with Crippen LogP contribution in [0.15, 0.2) is 23.0 Å². The number of aryl methyl sites for hydroxylation is 3. The highest BCUT2D eigenvalue weighted by Gasteiger charge is 2.19. The highest BCUT2D eigenvalue weighted by atomic mass is 16.2. The molecule has 0 radical (unpaired) electrons. The van der Waals surface area contributed by atoms with E-state index in [2.05, 4.69) is 29.9 Å². The van der Waals surface area contributed by atoms with Crippen LogP contribution in [-0.2, 0) is 11.2 Å². The third-order valence-electron chi connectivity index (χ3n) is 5.00. The van der Waals surface area contributed by atoms with Crippen molar-refractivity contribution in [3.8, 4) is 0 Å². The van der Waals surface area contributed by atoms with Gasteiger partial charge in [-0.3, -0.25) is 9.59 Å². The molecule has 1 fully saturated rings. The van der Waals surface area contributed by atoms with Crippen LogP contribution in [0.5, 0.6) is 0 Å². The SMILES string of the molecule is Cc1cc2cc(CCC(=O)N3CCN(C)CC3)c(=O)[nH]c2cc1C. The van der Waals surface area contributed by atoms with Crippen LogP contribution in [0.1, 0.15) is 23.1 Å². The Morgan fingerprint density at radius 1 is 1.08 bits per heavy atom. The van der Waals surface area contributed by atoms with Crippen molar-refractivity contribution in [2.24, 2.45) is 0 Å². The molecule has 2 heterocycles. The van der Waals surface area contributed by atoms with E-state index in [4.69, 9.17) is 0 Å². The smallest absolute Gasteiger partial charge is 0.251 e. The molecule has 0 aliphatic carbocycles. The van der Waals surface area contributed by atoms with E-state index >= 15 is 0 Å². The van der Waals surface area contributed by atoms with E-state index in [1.807, 2.05) is 24.0 Å². The van der Waals surface area contributed by atoms with E-state index in [0.29, 0.717) is 18.4 Å². The fourth-order valence-electron chi connectivity index (χ4n) is 3.16. The summed E-state index contributed by atoms with van der Waals surface area (Å²) in [6.45, 7) is 7.50. The molecule has 1 aromatic heterocycles. The molecule has 3 rings (SSSR count). The van der Waals surface area contributed by atoms with Gasteiger partial charge >= 0.3 is 0 Å². The number of fused-ring (bicyclic) bond motifs is 1. The summed E-state index contributed by atoms with van der Waals surface area (Å²) in [5, 5.41) is 1.03. The Morgan fingerprint density at radius 2 is 1.75 bits per heavy atom. The van der Waals surface area contributed by atoms with Crippen molar-refractivity contribution < 1.29 is 4.79 Å². The van der Waals surface area contributed by atoms with Gasteiger partial charge < -0.3 is 14.8 Å².